The summed E-state index contributed by atoms with van der Waals surface area (Å²) in [6.07, 6.45) is 0. The summed E-state index contributed by atoms with van der Waals surface area (Å²) in [5.41, 5.74) is 7.06. The second-order valence-electron chi connectivity index (χ2n) is 3.90. The highest BCUT2D eigenvalue weighted by Crippen LogP contribution is 2.28. The lowest BCUT2D eigenvalue weighted by molar-refractivity contribution is 0.291. The zero-order valence-corrected chi connectivity index (χ0v) is 11.2. The molecule has 1 unspecified atom stereocenters. The summed E-state index contributed by atoms with van der Waals surface area (Å²) in [5.74, 6) is 0.590. The van der Waals surface area contributed by atoms with E-state index in [4.69, 9.17) is 33.7 Å². The molecule has 94 valence electrons. The maximum absolute atomic E-state index is 6.03. The summed E-state index contributed by atoms with van der Waals surface area (Å²) in [6, 6.07) is 14.7. The molecule has 0 aromatic heterocycles. The molecule has 0 radical (unpaired) electrons. The molecule has 0 aliphatic heterocycles. The first-order valence-corrected chi connectivity index (χ1v) is 6.31. The van der Waals surface area contributed by atoms with Gasteiger partial charge in [-0.1, -0.05) is 53.5 Å². The van der Waals surface area contributed by atoms with E-state index in [2.05, 4.69) is 0 Å². The standard InChI is InChI=1S/C14H13Cl2NO/c15-11-6-7-14(12(16)8-11)18-9-13(17)10-4-2-1-3-5-10/h1-8,13H,9,17H2. The molecule has 0 aliphatic carbocycles. The van der Waals surface area contributed by atoms with Crippen LogP contribution >= 0.6 is 23.2 Å². The Morgan fingerprint density at radius 3 is 2.44 bits per heavy atom. The van der Waals surface area contributed by atoms with E-state index in [9.17, 15) is 0 Å². The van der Waals surface area contributed by atoms with Crippen LogP contribution in [0, 0.1) is 0 Å². The fourth-order valence-electron chi connectivity index (χ4n) is 1.57. The van der Waals surface area contributed by atoms with E-state index in [1.807, 2.05) is 30.3 Å². The summed E-state index contributed by atoms with van der Waals surface area (Å²) in [6.45, 7) is 0.366. The van der Waals surface area contributed by atoms with E-state index in [0.29, 0.717) is 22.4 Å². The van der Waals surface area contributed by atoms with Gasteiger partial charge in [0.2, 0.25) is 0 Å². The van der Waals surface area contributed by atoms with Crippen molar-refractivity contribution in [2.75, 3.05) is 6.61 Å². The van der Waals surface area contributed by atoms with Crippen LogP contribution in [0.1, 0.15) is 11.6 Å². The van der Waals surface area contributed by atoms with Crippen molar-refractivity contribution in [3.05, 3.63) is 64.1 Å². The smallest absolute Gasteiger partial charge is 0.138 e. The molecule has 4 heteroatoms. The first kappa shape index (κ1) is 13.2. The molecular formula is C14H13Cl2NO. The second-order valence-corrected chi connectivity index (χ2v) is 4.75. The third-order valence-electron chi connectivity index (χ3n) is 2.54. The Kier molecular flexibility index (Phi) is 4.48. The molecule has 0 heterocycles. The zero-order chi connectivity index (χ0) is 13.0. The molecular weight excluding hydrogens is 269 g/mol. The van der Waals surface area contributed by atoms with Gasteiger partial charge in [-0.05, 0) is 23.8 Å². The molecule has 18 heavy (non-hydrogen) atoms. The monoisotopic (exact) mass is 281 g/mol. The molecule has 2 aromatic rings. The summed E-state index contributed by atoms with van der Waals surface area (Å²) >= 11 is 11.8. The lowest BCUT2D eigenvalue weighted by Gasteiger charge is -2.14. The molecule has 2 N–H and O–H groups in total. The topological polar surface area (TPSA) is 35.2 Å². The van der Waals surface area contributed by atoms with Crippen molar-refractivity contribution in [3.63, 3.8) is 0 Å². The maximum Gasteiger partial charge on any atom is 0.138 e. The van der Waals surface area contributed by atoms with Crippen LogP contribution in [-0.2, 0) is 0 Å². The van der Waals surface area contributed by atoms with E-state index >= 15 is 0 Å². The van der Waals surface area contributed by atoms with Crippen molar-refractivity contribution >= 4 is 23.2 Å². The van der Waals surface area contributed by atoms with Gasteiger partial charge in [0.15, 0.2) is 0 Å². The van der Waals surface area contributed by atoms with Crippen LogP contribution in [0.25, 0.3) is 0 Å². The number of hydrogen-bond donors (Lipinski definition) is 1. The Morgan fingerprint density at radius 1 is 1.06 bits per heavy atom. The van der Waals surface area contributed by atoms with Crippen LogP contribution in [0.2, 0.25) is 10.0 Å². The molecule has 2 rings (SSSR count). The van der Waals surface area contributed by atoms with Gasteiger partial charge in [0.1, 0.15) is 12.4 Å². The van der Waals surface area contributed by atoms with Crippen molar-refractivity contribution in [1.82, 2.24) is 0 Å². The Hall–Kier alpha value is -1.22. The lowest BCUT2D eigenvalue weighted by Crippen LogP contribution is -2.18. The summed E-state index contributed by atoms with van der Waals surface area (Å²) in [5, 5.41) is 1.07. The molecule has 0 amide bonds. The first-order valence-electron chi connectivity index (χ1n) is 5.55. The third-order valence-corrected chi connectivity index (χ3v) is 3.07. The van der Waals surface area contributed by atoms with Crippen LogP contribution in [-0.4, -0.2) is 6.61 Å². The van der Waals surface area contributed by atoms with E-state index in [1.165, 1.54) is 0 Å². The average Bonchev–Trinajstić information content (AvgIpc) is 2.38. The van der Waals surface area contributed by atoms with Crippen LogP contribution in [0.3, 0.4) is 0 Å². The minimum Gasteiger partial charge on any atom is -0.490 e. The van der Waals surface area contributed by atoms with Crippen molar-refractivity contribution in [2.45, 2.75) is 6.04 Å². The highest BCUT2D eigenvalue weighted by Gasteiger charge is 2.08. The Morgan fingerprint density at radius 2 is 1.78 bits per heavy atom. The number of hydrogen-bond acceptors (Lipinski definition) is 2. The van der Waals surface area contributed by atoms with Gasteiger partial charge < -0.3 is 10.5 Å². The molecule has 0 bridgehead atoms. The molecule has 2 nitrogen and oxygen atoms in total. The Bertz CT molecular complexity index is 516. The van der Waals surface area contributed by atoms with Crippen molar-refractivity contribution in [2.24, 2.45) is 5.73 Å². The van der Waals surface area contributed by atoms with Gasteiger partial charge in [0.25, 0.3) is 0 Å². The fraction of sp³-hybridized carbons (Fsp3) is 0.143. The van der Waals surface area contributed by atoms with Crippen LogP contribution in [0.15, 0.2) is 48.5 Å². The van der Waals surface area contributed by atoms with Gasteiger partial charge in [-0.15, -0.1) is 0 Å². The number of rotatable bonds is 4. The summed E-state index contributed by atoms with van der Waals surface area (Å²) in [7, 11) is 0. The SMILES string of the molecule is NC(COc1ccc(Cl)cc1Cl)c1ccccc1. The van der Waals surface area contributed by atoms with Gasteiger partial charge in [0.05, 0.1) is 11.1 Å². The predicted molar refractivity (Wildman–Crippen MR) is 75.3 cm³/mol. The van der Waals surface area contributed by atoms with E-state index in [1.54, 1.807) is 18.2 Å². The first-order chi connectivity index (χ1) is 8.66. The predicted octanol–water partition coefficient (Wildman–Crippen LogP) is 4.07. The van der Waals surface area contributed by atoms with Gasteiger partial charge in [-0.3, -0.25) is 0 Å². The summed E-state index contributed by atoms with van der Waals surface area (Å²) in [4.78, 5) is 0. The fourth-order valence-corrected chi connectivity index (χ4v) is 2.03. The van der Waals surface area contributed by atoms with Gasteiger partial charge in [-0.25, -0.2) is 0 Å². The van der Waals surface area contributed by atoms with Crippen LogP contribution in [0.4, 0.5) is 0 Å². The largest absolute Gasteiger partial charge is 0.490 e. The minimum absolute atomic E-state index is 0.182. The zero-order valence-electron chi connectivity index (χ0n) is 9.64. The second kappa shape index (κ2) is 6.10. The molecule has 0 saturated carbocycles. The molecule has 0 saturated heterocycles. The molecule has 1 atom stereocenters. The third kappa shape index (κ3) is 3.39. The normalized spacial score (nSPS) is 12.2. The average molecular weight is 282 g/mol. The van der Waals surface area contributed by atoms with Gasteiger partial charge in [0, 0.05) is 5.02 Å². The van der Waals surface area contributed by atoms with Crippen LogP contribution < -0.4 is 10.5 Å². The van der Waals surface area contributed by atoms with E-state index in [-0.39, 0.29) is 6.04 Å². The Labute approximate surface area is 116 Å². The molecule has 2 aromatic carbocycles. The van der Waals surface area contributed by atoms with Crippen molar-refractivity contribution in [1.29, 1.82) is 0 Å². The number of benzene rings is 2. The van der Waals surface area contributed by atoms with Gasteiger partial charge in [-0.2, -0.15) is 0 Å². The van der Waals surface area contributed by atoms with Crippen molar-refractivity contribution < 1.29 is 4.74 Å². The quantitative estimate of drug-likeness (QED) is 0.917. The molecule has 0 spiro atoms. The minimum atomic E-state index is -0.182. The lowest BCUT2D eigenvalue weighted by atomic mass is 10.1. The van der Waals surface area contributed by atoms with Gasteiger partial charge >= 0.3 is 0 Å². The highest BCUT2D eigenvalue weighted by atomic mass is 35.5. The Balaban J connectivity index is 1.99. The van der Waals surface area contributed by atoms with Crippen LogP contribution in [0.5, 0.6) is 5.75 Å². The maximum atomic E-state index is 6.03. The molecule has 0 aliphatic rings. The van der Waals surface area contributed by atoms with Crippen molar-refractivity contribution in [3.8, 4) is 5.75 Å². The molecule has 0 fully saturated rings. The number of nitrogens with two attached hydrogens (primary N) is 1. The summed E-state index contributed by atoms with van der Waals surface area (Å²) < 4.78 is 5.59. The van der Waals surface area contributed by atoms with E-state index < -0.39 is 0 Å². The van der Waals surface area contributed by atoms with E-state index in [0.717, 1.165) is 5.56 Å². The highest BCUT2D eigenvalue weighted by molar-refractivity contribution is 6.35. The number of halogens is 2. The number of ether oxygens (including phenoxy) is 1.